The highest BCUT2D eigenvalue weighted by Gasteiger charge is 2.24. The number of nitrogens with one attached hydrogen (secondary N) is 1. The first-order valence-electron chi connectivity index (χ1n) is 7.22. The molecule has 4 heteroatoms. The van der Waals surface area contributed by atoms with Crippen LogP contribution in [-0.4, -0.2) is 15.0 Å². The van der Waals surface area contributed by atoms with Crippen LogP contribution in [0.3, 0.4) is 0 Å². The van der Waals surface area contributed by atoms with Gasteiger partial charge in [0.25, 0.3) is 0 Å². The predicted molar refractivity (Wildman–Crippen MR) is 82.0 cm³/mol. The Balaban J connectivity index is 2.01. The van der Waals surface area contributed by atoms with Gasteiger partial charge in [-0.25, -0.2) is 13.1 Å². The van der Waals surface area contributed by atoms with Gasteiger partial charge in [-0.05, 0) is 43.7 Å². The van der Waals surface area contributed by atoms with Gasteiger partial charge in [0.15, 0.2) is 0 Å². The topological polar surface area (TPSA) is 46.2 Å². The molecule has 2 atom stereocenters. The lowest BCUT2D eigenvalue weighted by atomic mass is 9.79. The van der Waals surface area contributed by atoms with E-state index in [0.29, 0.717) is 23.3 Å². The SMILES string of the molecule is C=C[C@@H]1CCCC[C@@H]1CNS(=O)(=O)c1ccc(C)cc1. The van der Waals surface area contributed by atoms with Gasteiger partial charge in [0, 0.05) is 6.54 Å². The molecule has 1 aromatic carbocycles. The van der Waals surface area contributed by atoms with Crippen LogP contribution in [0.1, 0.15) is 31.2 Å². The monoisotopic (exact) mass is 293 g/mol. The number of aryl methyl sites for hydroxylation is 1. The molecule has 0 aliphatic heterocycles. The minimum atomic E-state index is -3.39. The van der Waals surface area contributed by atoms with Crippen molar-refractivity contribution in [3.05, 3.63) is 42.5 Å². The molecule has 1 aromatic rings. The highest BCUT2D eigenvalue weighted by Crippen LogP contribution is 2.30. The Bertz CT molecular complexity index is 548. The fraction of sp³-hybridized carbons (Fsp3) is 0.500. The van der Waals surface area contributed by atoms with Gasteiger partial charge in [-0.3, -0.25) is 0 Å². The molecule has 0 heterocycles. The second-order valence-electron chi connectivity index (χ2n) is 5.61. The molecular formula is C16H23NO2S. The smallest absolute Gasteiger partial charge is 0.211 e. The maximum atomic E-state index is 12.2. The molecular weight excluding hydrogens is 270 g/mol. The third kappa shape index (κ3) is 3.70. The van der Waals surface area contributed by atoms with E-state index in [0.717, 1.165) is 18.4 Å². The summed E-state index contributed by atoms with van der Waals surface area (Å²) in [5, 5.41) is 0. The van der Waals surface area contributed by atoms with Crippen LogP contribution < -0.4 is 4.72 Å². The Morgan fingerprint density at radius 3 is 2.55 bits per heavy atom. The molecule has 1 aliphatic rings. The fourth-order valence-electron chi connectivity index (χ4n) is 2.82. The molecule has 20 heavy (non-hydrogen) atoms. The van der Waals surface area contributed by atoms with E-state index in [-0.39, 0.29) is 0 Å². The molecule has 0 spiro atoms. The summed E-state index contributed by atoms with van der Waals surface area (Å²) in [4.78, 5) is 0.342. The maximum absolute atomic E-state index is 12.2. The molecule has 1 fully saturated rings. The zero-order valence-electron chi connectivity index (χ0n) is 12.0. The third-order valence-corrected chi connectivity index (χ3v) is 5.58. The first kappa shape index (κ1) is 15.3. The number of sulfonamides is 1. The van der Waals surface area contributed by atoms with Crippen LogP contribution >= 0.6 is 0 Å². The number of rotatable bonds is 5. The van der Waals surface area contributed by atoms with Crippen molar-refractivity contribution in [2.75, 3.05) is 6.54 Å². The fourth-order valence-corrected chi connectivity index (χ4v) is 3.91. The summed E-state index contributed by atoms with van der Waals surface area (Å²) >= 11 is 0. The standard InChI is InChI=1S/C16H23NO2S/c1-3-14-6-4-5-7-15(14)12-17-20(18,19)16-10-8-13(2)9-11-16/h3,8-11,14-15,17H,1,4-7,12H2,2H3/t14-,15-/m1/s1. The normalized spacial score (nSPS) is 23.4. The second kappa shape index (κ2) is 6.55. The highest BCUT2D eigenvalue weighted by atomic mass is 32.2. The molecule has 3 nitrogen and oxygen atoms in total. The Morgan fingerprint density at radius 2 is 1.90 bits per heavy atom. The van der Waals surface area contributed by atoms with E-state index in [1.807, 2.05) is 25.1 Å². The molecule has 0 bridgehead atoms. The van der Waals surface area contributed by atoms with Crippen molar-refractivity contribution in [3.63, 3.8) is 0 Å². The largest absolute Gasteiger partial charge is 0.240 e. The zero-order chi connectivity index (χ0) is 14.6. The number of hydrogen-bond donors (Lipinski definition) is 1. The molecule has 0 unspecified atom stereocenters. The van der Waals surface area contributed by atoms with Crippen LogP contribution in [-0.2, 0) is 10.0 Å². The highest BCUT2D eigenvalue weighted by molar-refractivity contribution is 7.89. The minimum Gasteiger partial charge on any atom is -0.211 e. The van der Waals surface area contributed by atoms with Gasteiger partial charge in [-0.2, -0.15) is 0 Å². The average Bonchev–Trinajstić information content (AvgIpc) is 2.46. The molecule has 1 N–H and O–H groups in total. The summed E-state index contributed by atoms with van der Waals surface area (Å²) in [6.07, 6.45) is 6.58. The van der Waals surface area contributed by atoms with Crippen LogP contribution in [0.15, 0.2) is 41.8 Å². The van der Waals surface area contributed by atoms with Crippen molar-refractivity contribution >= 4 is 10.0 Å². The third-order valence-electron chi connectivity index (χ3n) is 4.14. The summed E-state index contributed by atoms with van der Waals surface area (Å²) in [5.41, 5.74) is 1.06. The summed E-state index contributed by atoms with van der Waals surface area (Å²) in [7, 11) is -3.39. The molecule has 0 amide bonds. The molecule has 0 radical (unpaired) electrons. The van der Waals surface area contributed by atoms with Crippen LogP contribution in [0, 0.1) is 18.8 Å². The second-order valence-corrected chi connectivity index (χ2v) is 7.38. The van der Waals surface area contributed by atoms with Gasteiger partial charge in [0.05, 0.1) is 4.90 Å². The van der Waals surface area contributed by atoms with Crippen LogP contribution in [0.2, 0.25) is 0 Å². The number of allylic oxidation sites excluding steroid dienone is 1. The molecule has 0 saturated heterocycles. The van der Waals surface area contributed by atoms with Crippen molar-refractivity contribution in [1.82, 2.24) is 4.72 Å². The van der Waals surface area contributed by atoms with Crippen molar-refractivity contribution in [2.45, 2.75) is 37.5 Å². The minimum absolute atomic E-state index is 0.342. The lowest BCUT2D eigenvalue weighted by Crippen LogP contribution is -2.33. The van der Waals surface area contributed by atoms with Gasteiger partial charge in [0.2, 0.25) is 10.0 Å². The Labute approximate surface area is 122 Å². The summed E-state index contributed by atoms with van der Waals surface area (Å²) in [6.45, 7) is 6.32. The van der Waals surface area contributed by atoms with Gasteiger partial charge in [-0.1, -0.05) is 36.6 Å². The van der Waals surface area contributed by atoms with E-state index in [1.165, 1.54) is 12.8 Å². The van der Waals surface area contributed by atoms with E-state index in [9.17, 15) is 8.42 Å². The van der Waals surface area contributed by atoms with Crippen molar-refractivity contribution < 1.29 is 8.42 Å². The predicted octanol–water partition coefficient (Wildman–Crippen LogP) is 3.27. The maximum Gasteiger partial charge on any atom is 0.240 e. The van der Waals surface area contributed by atoms with E-state index >= 15 is 0 Å². The Morgan fingerprint density at radius 1 is 1.25 bits per heavy atom. The van der Waals surface area contributed by atoms with Crippen molar-refractivity contribution in [3.8, 4) is 0 Å². The van der Waals surface area contributed by atoms with Gasteiger partial charge >= 0.3 is 0 Å². The molecule has 0 aromatic heterocycles. The molecule has 1 saturated carbocycles. The summed E-state index contributed by atoms with van der Waals surface area (Å²) < 4.78 is 27.2. The van der Waals surface area contributed by atoms with Gasteiger partial charge in [-0.15, -0.1) is 6.58 Å². The molecule has 1 aliphatic carbocycles. The van der Waals surface area contributed by atoms with E-state index in [4.69, 9.17) is 0 Å². The first-order valence-corrected chi connectivity index (χ1v) is 8.70. The molecule has 110 valence electrons. The average molecular weight is 293 g/mol. The Kier molecular flexibility index (Phi) is 5.00. The van der Waals surface area contributed by atoms with E-state index in [2.05, 4.69) is 11.3 Å². The summed E-state index contributed by atoms with van der Waals surface area (Å²) in [6, 6.07) is 6.95. The lowest BCUT2D eigenvalue weighted by Gasteiger charge is -2.29. The van der Waals surface area contributed by atoms with Crippen molar-refractivity contribution in [1.29, 1.82) is 0 Å². The first-order chi connectivity index (χ1) is 9.53. The van der Waals surface area contributed by atoms with E-state index in [1.54, 1.807) is 12.1 Å². The van der Waals surface area contributed by atoms with Gasteiger partial charge < -0.3 is 0 Å². The van der Waals surface area contributed by atoms with Crippen molar-refractivity contribution in [2.24, 2.45) is 11.8 Å². The lowest BCUT2D eigenvalue weighted by molar-refractivity contribution is 0.285. The molecule has 2 rings (SSSR count). The van der Waals surface area contributed by atoms with Crippen LogP contribution in [0.25, 0.3) is 0 Å². The number of benzene rings is 1. The Hall–Kier alpha value is -1.13. The number of hydrogen-bond acceptors (Lipinski definition) is 2. The quantitative estimate of drug-likeness (QED) is 0.847. The summed E-state index contributed by atoms with van der Waals surface area (Å²) in [5.74, 6) is 0.811. The van der Waals surface area contributed by atoms with Gasteiger partial charge in [0.1, 0.15) is 0 Å². The van der Waals surface area contributed by atoms with Crippen LogP contribution in [0.4, 0.5) is 0 Å². The zero-order valence-corrected chi connectivity index (χ0v) is 12.8. The van der Waals surface area contributed by atoms with Crippen LogP contribution in [0.5, 0.6) is 0 Å². The van der Waals surface area contributed by atoms with E-state index < -0.39 is 10.0 Å².